The van der Waals surface area contributed by atoms with Gasteiger partial charge in [-0.2, -0.15) is 9.40 Å². The fourth-order valence-corrected chi connectivity index (χ4v) is 2.80. The van der Waals surface area contributed by atoms with Gasteiger partial charge in [-0.25, -0.2) is 13.4 Å². The normalized spacial score (nSPS) is 11.9. The van der Waals surface area contributed by atoms with Crippen molar-refractivity contribution in [3.63, 3.8) is 0 Å². The molecule has 0 saturated carbocycles. The van der Waals surface area contributed by atoms with Crippen LogP contribution in [0.2, 0.25) is 0 Å². The standard InChI is InChI=1S/C11H14N4O2S/c1-9-4-3-5-10(6-9)18(16,17)15(2)7-11-12-8-13-14-11/h3-6,8H,7H2,1-2H3,(H,12,13,14). The molecule has 0 unspecified atom stereocenters. The maximum Gasteiger partial charge on any atom is 0.243 e. The van der Waals surface area contributed by atoms with Gasteiger partial charge in [0.1, 0.15) is 12.2 Å². The molecule has 0 spiro atoms. The minimum absolute atomic E-state index is 0.163. The quantitative estimate of drug-likeness (QED) is 0.893. The summed E-state index contributed by atoms with van der Waals surface area (Å²) in [5.74, 6) is 0.508. The number of aromatic nitrogens is 3. The monoisotopic (exact) mass is 266 g/mol. The van der Waals surface area contributed by atoms with E-state index in [0.717, 1.165) is 5.56 Å². The highest BCUT2D eigenvalue weighted by molar-refractivity contribution is 7.89. The van der Waals surface area contributed by atoms with Crippen molar-refractivity contribution >= 4 is 10.0 Å². The van der Waals surface area contributed by atoms with Gasteiger partial charge >= 0.3 is 0 Å². The van der Waals surface area contributed by atoms with Gasteiger partial charge in [-0.05, 0) is 24.6 Å². The van der Waals surface area contributed by atoms with Crippen molar-refractivity contribution in [1.29, 1.82) is 0 Å². The van der Waals surface area contributed by atoms with Crippen LogP contribution in [0.1, 0.15) is 11.4 Å². The summed E-state index contributed by atoms with van der Waals surface area (Å²) in [5.41, 5.74) is 0.907. The maximum absolute atomic E-state index is 12.3. The second-order valence-corrected chi connectivity index (χ2v) is 6.05. The molecule has 18 heavy (non-hydrogen) atoms. The number of rotatable bonds is 4. The number of aromatic amines is 1. The number of sulfonamides is 1. The average Bonchev–Trinajstić information content (AvgIpc) is 2.81. The van der Waals surface area contributed by atoms with Gasteiger partial charge in [0, 0.05) is 7.05 Å². The Balaban J connectivity index is 2.25. The van der Waals surface area contributed by atoms with Crippen molar-refractivity contribution < 1.29 is 8.42 Å². The first kappa shape index (κ1) is 12.7. The molecule has 0 atom stereocenters. The highest BCUT2D eigenvalue weighted by Gasteiger charge is 2.21. The minimum atomic E-state index is -3.49. The van der Waals surface area contributed by atoms with Gasteiger partial charge < -0.3 is 0 Å². The molecular weight excluding hydrogens is 252 g/mol. The smallest absolute Gasteiger partial charge is 0.243 e. The topological polar surface area (TPSA) is 79.0 Å². The van der Waals surface area contributed by atoms with Crippen molar-refractivity contribution in [2.24, 2.45) is 0 Å². The van der Waals surface area contributed by atoms with Crippen LogP contribution in [0.4, 0.5) is 0 Å². The van der Waals surface area contributed by atoms with Crippen LogP contribution in [0.5, 0.6) is 0 Å². The van der Waals surface area contributed by atoms with Crippen LogP contribution in [-0.2, 0) is 16.6 Å². The van der Waals surface area contributed by atoms with Crippen molar-refractivity contribution in [2.45, 2.75) is 18.4 Å². The van der Waals surface area contributed by atoms with Crippen LogP contribution >= 0.6 is 0 Å². The van der Waals surface area contributed by atoms with Crippen LogP contribution in [0, 0.1) is 6.92 Å². The Kier molecular flexibility index (Phi) is 3.44. The molecule has 0 amide bonds. The SMILES string of the molecule is Cc1cccc(S(=O)(=O)N(C)Cc2ncn[nH]2)c1. The van der Waals surface area contributed by atoms with Gasteiger partial charge in [-0.3, -0.25) is 5.10 Å². The molecule has 1 heterocycles. The van der Waals surface area contributed by atoms with Crippen LogP contribution in [0.25, 0.3) is 0 Å². The third kappa shape index (κ3) is 2.57. The minimum Gasteiger partial charge on any atom is -0.262 e. The third-order valence-corrected chi connectivity index (χ3v) is 4.33. The Morgan fingerprint density at radius 3 is 2.78 bits per heavy atom. The summed E-state index contributed by atoms with van der Waals surface area (Å²) >= 11 is 0. The number of hydrogen-bond donors (Lipinski definition) is 1. The number of nitrogens with one attached hydrogen (secondary N) is 1. The van der Waals surface area contributed by atoms with Crippen molar-refractivity contribution in [2.75, 3.05) is 7.05 Å². The fraction of sp³-hybridized carbons (Fsp3) is 0.273. The Bertz CT molecular complexity index is 622. The molecular formula is C11H14N4O2S. The lowest BCUT2D eigenvalue weighted by atomic mass is 10.2. The fourth-order valence-electron chi connectivity index (χ4n) is 1.56. The van der Waals surface area contributed by atoms with Crippen molar-refractivity contribution in [1.82, 2.24) is 19.5 Å². The molecule has 2 aromatic rings. The van der Waals surface area contributed by atoms with E-state index >= 15 is 0 Å². The van der Waals surface area contributed by atoms with Gasteiger partial charge in [-0.1, -0.05) is 12.1 Å². The number of nitrogens with zero attached hydrogens (tertiary/aromatic N) is 3. The van der Waals surface area contributed by atoms with Gasteiger partial charge in [0.2, 0.25) is 10.0 Å². The largest absolute Gasteiger partial charge is 0.262 e. The molecule has 0 aliphatic rings. The number of H-pyrrole nitrogens is 1. The van der Waals surface area contributed by atoms with E-state index in [2.05, 4.69) is 15.2 Å². The lowest BCUT2D eigenvalue weighted by Gasteiger charge is -2.15. The number of hydrogen-bond acceptors (Lipinski definition) is 4. The van der Waals surface area contributed by atoms with Crippen LogP contribution in [0.3, 0.4) is 0 Å². The molecule has 1 N–H and O–H groups in total. The molecule has 1 aromatic carbocycles. The van der Waals surface area contributed by atoms with E-state index in [0.29, 0.717) is 5.82 Å². The third-order valence-electron chi connectivity index (χ3n) is 2.54. The molecule has 1 aromatic heterocycles. The second kappa shape index (κ2) is 4.87. The van der Waals surface area contributed by atoms with Crippen LogP contribution in [-0.4, -0.2) is 35.0 Å². The number of benzene rings is 1. The van der Waals surface area contributed by atoms with Crippen molar-refractivity contribution in [3.05, 3.63) is 42.0 Å². The Labute approximate surface area is 106 Å². The van der Waals surface area contributed by atoms with E-state index in [1.165, 1.54) is 17.7 Å². The van der Waals surface area contributed by atoms with E-state index in [-0.39, 0.29) is 11.4 Å². The van der Waals surface area contributed by atoms with E-state index in [1.54, 1.807) is 18.2 Å². The van der Waals surface area contributed by atoms with E-state index in [9.17, 15) is 8.42 Å². The summed E-state index contributed by atoms with van der Waals surface area (Å²) in [4.78, 5) is 4.19. The summed E-state index contributed by atoms with van der Waals surface area (Å²) in [7, 11) is -1.98. The molecule has 0 fully saturated rings. The Morgan fingerprint density at radius 1 is 1.39 bits per heavy atom. The summed E-state index contributed by atoms with van der Waals surface area (Å²) < 4.78 is 25.8. The van der Waals surface area contributed by atoms with Crippen LogP contribution in [0.15, 0.2) is 35.5 Å². The molecule has 6 nitrogen and oxygen atoms in total. The molecule has 0 aliphatic heterocycles. The van der Waals surface area contributed by atoms with Crippen LogP contribution < -0.4 is 0 Å². The summed E-state index contributed by atoms with van der Waals surface area (Å²) in [6, 6.07) is 6.81. The molecule has 2 rings (SSSR count). The Hall–Kier alpha value is -1.73. The van der Waals surface area contributed by atoms with E-state index in [4.69, 9.17) is 0 Å². The zero-order valence-electron chi connectivity index (χ0n) is 10.2. The maximum atomic E-state index is 12.3. The molecule has 7 heteroatoms. The molecule has 0 aliphatic carbocycles. The zero-order valence-corrected chi connectivity index (χ0v) is 11.0. The van der Waals surface area contributed by atoms with Gasteiger partial charge in [0.05, 0.1) is 11.4 Å². The molecule has 0 radical (unpaired) electrons. The van der Waals surface area contributed by atoms with Gasteiger partial charge in [0.25, 0.3) is 0 Å². The van der Waals surface area contributed by atoms with E-state index in [1.807, 2.05) is 13.0 Å². The molecule has 0 saturated heterocycles. The lowest BCUT2D eigenvalue weighted by molar-refractivity contribution is 0.457. The summed E-state index contributed by atoms with van der Waals surface area (Å²) in [6.45, 7) is 2.02. The Morgan fingerprint density at radius 2 is 2.17 bits per heavy atom. The van der Waals surface area contributed by atoms with Crippen molar-refractivity contribution in [3.8, 4) is 0 Å². The first-order chi connectivity index (χ1) is 8.50. The van der Waals surface area contributed by atoms with E-state index < -0.39 is 10.0 Å². The zero-order chi connectivity index (χ0) is 13.2. The van der Waals surface area contributed by atoms with Gasteiger partial charge in [-0.15, -0.1) is 0 Å². The molecule has 0 bridgehead atoms. The molecule has 96 valence electrons. The lowest BCUT2D eigenvalue weighted by Crippen LogP contribution is -2.27. The average molecular weight is 266 g/mol. The predicted octanol–water partition coefficient (Wildman–Crippen LogP) is 0.934. The highest BCUT2D eigenvalue weighted by atomic mass is 32.2. The first-order valence-corrected chi connectivity index (χ1v) is 6.81. The summed E-state index contributed by atoms with van der Waals surface area (Å²) in [6.07, 6.45) is 1.35. The second-order valence-electron chi connectivity index (χ2n) is 4.01. The highest BCUT2D eigenvalue weighted by Crippen LogP contribution is 2.16. The number of aryl methyl sites for hydroxylation is 1. The first-order valence-electron chi connectivity index (χ1n) is 5.37. The van der Waals surface area contributed by atoms with Gasteiger partial charge in [0.15, 0.2) is 0 Å². The predicted molar refractivity (Wildman–Crippen MR) is 66.2 cm³/mol. The summed E-state index contributed by atoms with van der Waals surface area (Å²) in [5, 5.41) is 6.32.